The van der Waals surface area contributed by atoms with Gasteiger partial charge in [-0.1, -0.05) is 0 Å². The summed E-state index contributed by atoms with van der Waals surface area (Å²) in [4.78, 5) is 37.7. The molecule has 2 aliphatic rings. The Morgan fingerprint density at radius 2 is 1.55 bits per heavy atom. The van der Waals surface area contributed by atoms with Gasteiger partial charge in [0.25, 0.3) is 5.91 Å². The van der Waals surface area contributed by atoms with Crippen LogP contribution in [0.3, 0.4) is 0 Å². The summed E-state index contributed by atoms with van der Waals surface area (Å²) < 4.78 is 0. The van der Waals surface area contributed by atoms with E-state index in [1.54, 1.807) is 54.0 Å². The van der Waals surface area contributed by atoms with Crippen LogP contribution < -0.4 is 10.6 Å². The molecule has 4 heterocycles. The van der Waals surface area contributed by atoms with Gasteiger partial charge in [0.15, 0.2) is 5.78 Å². The third-order valence-electron chi connectivity index (χ3n) is 7.29. The van der Waals surface area contributed by atoms with Crippen molar-refractivity contribution in [2.45, 2.75) is 31.2 Å². The molecule has 2 saturated heterocycles. The van der Waals surface area contributed by atoms with E-state index in [0.29, 0.717) is 42.3 Å². The highest BCUT2D eigenvalue weighted by Crippen LogP contribution is 2.32. The molecule has 8 heteroatoms. The van der Waals surface area contributed by atoms with Crippen molar-refractivity contribution in [1.82, 2.24) is 25.5 Å². The Bertz CT molecular complexity index is 1300. The molecular weight excluding hydrogens is 476 g/mol. The van der Waals surface area contributed by atoms with E-state index < -0.39 is 5.54 Å². The van der Waals surface area contributed by atoms with Crippen LogP contribution in [0.2, 0.25) is 0 Å². The van der Waals surface area contributed by atoms with Crippen molar-refractivity contribution >= 4 is 11.7 Å². The normalized spacial score (nSPS) is 18.2. The van der Waals surface area contributed by atoms with Crippen molar-refractivity contribution in [2.75, 3.05) is 19.6 Å². The molecule has 3 aromatic rings. The molecule has 2 aliphatic heterocycles. The van der Waals surface area contributed by atoms with Gasteiger partial charge < -0.3 is 10.6 Å². The zero-order valence-electron chi connectivity index (χ0n) is 21.1. The summed E-state index contributed by atoms with van der Waals surface area (Å²) in [5, 5.41) is 16.0. The zero-order valence-corrected chi connectivity index (χ0v) is 21.1. The number of carbonyl (C=O) groups is 2. The standard InChI is InChI=1S/C30H30N6O2/c31-20-24-1-3-26(4-2-24)27(37)17-28-35-30(18-22-5-11-32-12-6-22,19-23-7-13-33-14-8-23)29(38)36(28)21-25-9-15-34-16-10-25/h1-8,11-14,17,25,34-35H,9-10,15-16,18-19,21H2. The summed E-state index contributed by atoms with van der Waals surface area (Å²) in [6, 6.07) is 16.3. The molecule has 0 bridgehead atoms. The molecule has 8 nitrogen and oxygen atoms in total. The molecule has 2 aromatic heterocycles. The minimum Gasteiger partial charge on any atom is -0.357 e. The Labute approximate surface area is 222 Å². The van der Waals surface area contributed by atoms with Crippen LogP contribution in [0.15, 0.2) is 85.2 Å². The molecule has 0 unspecified atom stereocenters. The molecule has 192 valence electrons. The van der Waals surface area contributed by atoms with Gasteiger partial charge in [0.05, 0.1) is 11.6 Å². The van der Waals surface area contributed by atoms with Crippen molar-refractivity contribution in [3.8, 4) is 6.07 Å². The molecule has 1 amide bonds. The number of hydrogen-bond acceptors (Lipinski definition) is 7. The second-order valence-electron chi connectivity index (χ2n) is 9.96. The Kier molecular flexibility index (Phi) is 7.57. The van der Waals surface area contributed by atoms with Crippen LogP contribution in [0, 0.1) is 17.2 Å². The summed E-state index contributed by atoms with van der Waals surface area (Å²) in [5.41, 5.74) is 1.96. The van der Waals surface area contributed by atoms with Gasteiger partial charge in [-0.15, -0.1) is 0 Å². The fourth-order valence-corrected chi connectivity index (χ4v) is 5.27. The molecule has 0 aliphatic carbocycles. The lowest BCUT2D eigenvalue weighted by Gasteiger charge is -2.29. The van der Waals surface area contributed by atoms with Crippen LogP contribution in [-0.4, -0.2) is 51.7 Å². The van der Waals surface area contributed by atoms with E-state index in [2.05, 4.69) is 26.7 Å². The van der Waals surface area contributed by atoms with E-state index >= 15 is 0 Å². The summed E-state index contributed by atoms with van der Waals surface area (Å²) in [7, 11) is 0. The molecule has 2 fully saturated rings. The van der Waals surface area contributed by atoms with Crippen molar-refractivity contribution in [2.24, 2.45) is 5.92 Å². The predicted octanol–water partition coefficient (Wildman–Crippen LogP) is 3.03. The van der Waals surface area contributed by atoms with Crippen molar-refractivity contribution < 1.29 is 9.59 Å². The van der Waals surface area contributed by atoms with Crippen LogP contribution in [0.25, 0.3) is 0 Å². The third kappa shape index (κ3) is 5.63. The lowest BCUT2D eigenvalue weighted by Crippen LogP contribution is -2.51. The molecular formula is C30H30N6O2. The molecule has 0 atom stereocenters. The number of nitriles is 1. The van der Waals surface area contributed by atoms with Crippen LogP contribution >= 0.6 is 0 Å². The first-order chi connectivity index (χ1) is 18.6. The number of benzene rings is 1. The van der Waals surface area contributed by atoms with Crippen molar-refractivity contribution in [3.63, 3.8) is 0 Å². The van der Waals surface area contributed by atoms with Gasteiger partial charge in [0, 0.05) is 55.8 Å². The zero-order chi connectivity index (χ0) is 26.4. The average molecular weight is 507 g/mol. The highest BCUT2D eigenvalue weighted by atomic mass is 16.2. The number of hydrogen-bond donors (Lipinski definition) is 2. The third-order valence-corrected chi connectivity index (χ3v) is 7.29. The van der Waals surface area contributed by atoms with E-state index in [-0.39, 0.29) is 11.7 Å². The first kappa shape index (κ1) is 25.3. The second-order valence-corrected chi connectivity index (χ2v) is 9.96. The van der Waals surface area contributed by atoms with E-state index in [9.17, 15) is 9.59 Å². The molecule has 0 radical (unpaired) electrons. The summed E-state index contributed by atoms with van der Waals surface area (Å²) in [5.74, 6) is 0.603. The SMILES string of the molecule is N#Cc1ccc(C(=O)C=C2NC(Cc3ccncc3)(Cc3ccncc3)C(=O)N2CC2CCNCC2)cc1. The first-order valence-corrected chi connectivity index (χ1v) is 12.9. The van der Waals surface area contributed by atoms with Crippen LogP contribution in [0.5, 0.6) is 0 Å². The average Bonchev–Trinajstić information content (AvgIpc) is 3.19. The number of allylic oxidation sites excluding steroid dienone is 1. The summed E-state index contributed by atoms with van der Waals surface area (Å²) >= 11 is 0. The number of ketones is 1. The lowest BCUT2D eigenvalue weighted by molar-refractivity contribution is -0.132. The number of aromatic nitrogens is 2. The Balaban J connectivity index is 1.53. The molecule has 2 N–H and O–H groups in total. The highest BCUT2D eigenvalue weighted by Gasteiger charge is 2.49. The number of piperidine rings is 1. The maximum absolute atomic E-state index is 14.4. The quantitative estimate of drug-likeness (QED) is 0.357. The number of carbonyl (C=O) groups excluding carboxylic acids is 2. The fraction of sp³-hybridized carbons (Fsp3) is 0.300. The Morgan fingerprint density at radius 3 is 2.11 bits per heavy atom. The Hall–Kier alpha value is -4.35. The smallest absolute Gasteiger partial charge is 0.254 e. The van der Waals surface area contributed by atoms with Crippen molar-refractivity contribution in [1.29, 1.82) is 5.26 Å². The van der Waals surface area contributed by atoms with Crippen LogP contribution in [-0.2, 0) is 17.6 Å². The van der Waals surface area contributed by atoms with Gasteiger partial charge >= 0.3 is 0 Å². The van der Waals surface area contributed by atoms with Gasteiger partial charge in [0.1, 0.15) is 11.4 Å². The minimum atomic E-state index is -0.966. The highest BCUT2D eigenvalue weighted by molar-refractivity contribution is 6.06. The van der Waals surface area contributed by atoms with E-state index in [1.165, 1.54) is 6.08 Å². The largest absolute Gasteiger partial charge is 0.357 e. The van der Waals surface area contributed by atoms with E-state index in [1.807, 2.05) is 24.3 Å². The maximum Gasteiger partial charge on any atom is 0.254 e. The van der Waals surface area contributed by atoms with Gasteiger partial charge in [0.2, 0.25) is 0 Å². The summed E-state index contributed by atoms with van der Waals surface area (Å²) in [6.07, 6.45) is 11.3. The summed E-state index contributed by atoms with van der Waals surface area (Å²) in [6.45, 7) is 2.39. The predicted molar refractivity (Wildman–Crippen MR) is 143 cm³/mol. The van der Waals surface area contributed by atoms with Crippen LogP contribution in [0.1, 0.15) is 39.9 Å². The van der Waals surface area contributed by atoms with E-state index in [0.717, 1.165) is 37.1 Å². The van der Waals surface area contributed by atoms with Gasteiger partial charge in [-0.2, -0.15) is 5.26 Å². The second kappa shape index (κ2) is 11.4. The lowest BCUT2D eigenvalue weighted by atomic mass is 9.84. The molecule has 5 rings (SSSR count). The number of amides is 1. The molecule has 0 spiro atoms. The van der Waals surface area contributed by atoms with Gasteiger partial charge in [-0.05, 0) is 91.5 Å². The van der Waals surface area contributed by atoms with Gasteiger partial charge in [-0.25, -0.2) is 0 Å². The monoisotopic (exact) mass is 506 g/mol. The molecule has 1 aromatic carbocycles. The molecule has 38 heavy (non-hydrogen) atoms. The number of nitrogens with zero attached hydrogens (tertiary/aromatic N) is 4. The molecule has 0 saturated carbocycles. The topological polar surface area (TPSA) is 111 Å². The van der Waals surface area contributed by atoms with Crippen molar-refractivity contribution in [3.05, 3.63) is 107 Å². The number of rotatable bonds is 8. The van der Waals surface area contributed by atoms with Crippen LogP contribution in [0.4, 0.5) is 0 Å². The number of pyridine rings is 2. The first-order valence-electron chi connectivity index (χ1n) is 12.9. The Morgan fingerprint density at radius 1 is 0.974 bits per heavy atom. The maximum atomic E-state index is 14.4. The van der Waals surface area contributed by atoms with E-state index in [4.69, 9.17) is 5.26 Å². The fourth-order valence-electron chi connectivity index (χ4n) is 5.27. The minimum absolute atomic E-state index is 0.0384. The van der Waals surface area contributed by atoms with Gasteiger partial charge in [-0.3, -0.25) is 24.5 Å². The number of nitrogens with one attached hydrogen (secondary N) is 2.